The number of hydrogen-bond acceptors (Lipinski definition) is 3. The van der Waals surface area contributed by atoms with Crippen LogP contribution in [-0.4, -0.2) is 30.4 Å². The molecule has 0 spiro atoms. The molecule has 0 heterocycles. The van der Waals surface area contributed by atoms with Crippen LogP contribution in [0, 0.1) is 5.92 Å². The zero-order chi connectivity index (χ0) is 16.2. The third-order valence-corrected chi connectivity index (χ3v) is 3.31. The lowest BCUT2D eigenvalue weighted by Crippen LogP contribution is -2.40. The Morgan fingerprint density at radius 3 is 2.52 bits per heavy atom. The van der Waals surface area contributed by atoms with Gasteiger partial charge in [-0.25, -0.2) is 0 Å². The molecule has 0 unspecified atom stereocenters. The molecule has 0 saturated heterocycles. The lowest BCUT2D eigenvalue weighted by atomic mass is 10.1. The van der Waals surface area contributed by atoms with Gasteiger partial charge in [-0.15, -0.1) is 12.4 Å². The summed E-state index contributed by atoms with van der Waals surface area (Å²) in [6, 6.07) is 6.99. The number of amides is 2. The normalized spacial score (nSPS) is 13.9. The summed E-state index contributed by atoms with van der Waals surface area (Å²) in [5, 5.41) is 8.86. The number of carbonyl (C=O) groups excluding carboxylic acids is 2. The Morgan fingerprint density at radius 1 is 1.22 bits per heavy atom. The molecular weight excluding hydrogens is 314 g/mol. The van der Waals surface area contributed by atoms with Crippen LogP contribution in [0.5, 0.6) is 0 Å². The molecule has 23 heavy (non-hydrogen) atoms. The van der Waals surface area contributed by atoms with Gasteiger partial charge in [0.05, 0.1) is 6.54 Å². The second-order valence-corrected chi connectivity index (χ2v) is 6.91. The highest BCUT2D eigenvalue weighted by Crippen LogP contribution is 2.27. The SMILES string of the molecule is CC(C)(C)NC(=O)c1cccc(NC(=O)CNCC2CC2)c1.Cl. The standard InChI is InChI=1S/C17H25N3O2.ClH/c1-17(2,3)20-16(22)13-5-4-6-14(9-13)19-15(21)11-18-10-12-7-8-12;/h4-6,9,12,18H,7-8,10-11H2,1-3H3,(H,19,21)(H,20,22);1H. The Morgan fingerprint density at radius 2 is 1.91 bits per heavy atom. The smallest absolute Gasteiger partial charge is 0.251 e. The van der Waals surface area contributed by atoms with Crippen molar-refractivity contribution in [1.82, 2.24) is 10.6 Å². The van der Waals surface area contributed by atoms with Crippen molar-refractivity contribution in [1.29, 1.82) is 0 Å². The minimum absolute atomic E-state index is 0. The molecule has 1 aromatic rings. The Bertz CT molecular complexity index is 551. The van der Waals surface area contributed by atoms with Crippen LogP contribution in [0.2, 0.25) is 0 Å². The van der Waals surface area contributed by atoms with Crippen molar-refractivity contribution in [2.75, 3.05) is 18.4 Å². The first-order valence-electron chi connectivity index (χ1n) is 7.77. The van der Waals surface area contributed by atoms with Crippen LogP contribution in [0.3, 0.4) is 0 Å². The van der Waals surface area contributed by atoms with E-state index in [1.165, 1.54) is 12.8 Å². The van der Waals surface area contributed by atoms with Crippen molar-refractivity contribution >= 4 is 29.9 Å². The molecule has 3 N–H and O–H groups in total. The summed E-state index contributed by atoms with van der Waals surface area (Å²) in [4.78, 5) is 24.0. The van der Waals surface area contributed by atoms with E-state index in [4.69, 9.17) is 0 Å². The van der Waals surface area contributed by atoms with Gasteiger partial charge in [-0.1, -0.05) is 6.07 Å². The number of anilines is 1. The summed E-state index contributed by atoms with van der Waals surface area (Å²) in [5.74, 6) is 0.515. The van der Waals surface area contributed by atoms with E-state index in [-0.39, 0.29) is 29.8 Å². The molecule has 0 bridgehead atoms. The van der Waals surface area contributed by atoms with E-state index < -0.39 is 0 Å². The summed E-state index contributed by atoms with van der Waals surface area (Å²) >= 11 is 0. The van der Waals surface area contributed by atoms with Crippen LogP contribution in [-0.2, 0) is 4.79 Å². The quantitative estimate of drug-likeness (QED) is 0.746. The van der Waals surface area contributed by atoms with E-state index in [0.29, 0.717) is 17.8 Å². The molecule has 6 heteroatoms. The molecule has 0 aliphatic heterocycles. The van der Waals surface area contributed by atoms with Crippen molar-refractivity contribution in [3.63, 3.8) is 0 Å². The Balaban J connectivity index is 0.00000264. The summed E-state index contributed by atoms with van der Waals surface area (Å²) in [7, 11) is 0. The maximum atomic E-state index is 12.1. The van der Waals surface area contributed by atoms with E-state index >= 15 is 0 Å². The Kier molecular flexibility index (Phi) is 7.03. The van der Waals surface area contributed by atoms with E-state index in [0.717, 1.165) is 12.5 Å². The van der Waals surface area contributed by atoms with Gasteiger partial charge in [0.2, 0.25) is 5.91 Å². The van der Waals surface area contributed by atoms with E-state index in [9.17, 15) is 9.59 Å². The Hall–Kier alpha value is -1.59. The molecule has 1 aliphatic carbocycles. The second kappa shape index (κ2) is 8.31. The number of hydrogen-bond donors (Lipinski definition) is 3. The van der Waals surface area contributed by atoms with Gasteiger partial charge in [-0.2, -0.15) is 0 Å². The molecule has 1 aliphatic rings. The topological polar surface area (TPSA) is 70.2 Å². The molecule has 1 saturated carbocycles. The van der Waals surface area contributed by atoms with Gasteiger partial charge in [0.1, 0.15) is 0 Å². The average Bonchev–Trinajstić information content (AvgIpc) is 3.21. The Labute approximate surface area is 144 Å². The van der Waals surface area contributed by atoms with Crippen LogP contribution < -0.4 is 16.0 Å². The molecular formula is C17H26ClN3O2. The maximum absolute atomic E-state index is 12.1. The molecule has 1 fully saturated rings. The number of halogens is 1. The number of nitrogens with one attached hydrogen (secondary N) is 3. The number of benzene rings is 1. The van der Waals surface area contributed by atoms with Gasteiger partial charge >= 0.3 is 0 Å². The average molecular weight is 340 g/mol. The highest BCUT2D eigenvalue weighted by Gasteiger charge is 2.20. The fourth-order valence-electron chi connectivity index (χ4n) is 2.07. The fraction of sp³-hybridized carbons (Fsp3) is 0.529. The fourth-order valence-corrected chi connectivity index (χ4v) is 2.07. The number of rotatable bonds is 6. The lowest BCUT2D eigenvalue weighted by molar-refractivity contribution is -0.115. The molecule has 128 valence electrons. The highest BCUT2D eigenvalue weighted by atomic mass is 35.5. The van der Waals surface area contributed by atoms with Gasteiger partial charge in [0.25, 0.3) is 5.91 Å². The number of carbonyl (C=O) groups is 2. The van der Waals surface area contributed by atoms with Crippen molar-refractivity contribution < 1.29 is 9.59 Å². The molecule has 0 aromatic heterocycles. The maximum Gasteiger partial charge on any atom is 0.251 e. The van der Waals surface area contributed by atoms with Crippen LogP contribution in [0.4, 0.5) is 5.69 Å². The van der Waals surface area contributed by atoms with Gasteiger partial charge < -0.3 is 16.0 Å². The largest absolute Gasteiger partial charge is 0.347 e. The van der Waals surface area contributed by atoms with Gasteiger partial charge in [0, 0.05) is 16.8 Å². The first-order valence-corrected chi connectivity index (χ1v) is 7.77. The van der Waals surface area contributed by atoms with E-state index in [1.54, 1.807) is 24.3 Å². The van der Waals surface area contributed by atoms with E-state index in [2.05, 4.69) is 16.0 Å². The minimum atomic E-state index is -0.289. The van der Waals surface area contributed by atoms with E-state index in [1.807, 2.05) is 20.8 Å². The van der Waals surface area contributed by atoms with Crippen LogP contribution in [0.1, 0.15) is 44.0 Å². The first kappa shape index (κ1) is 19.5. The van der Waals surface area contributed by atoms with Gasteiger partial charge in [-0.3, -0.25) is 9.59 Å². The zero-order valence-corrected chi connectivity index (χ0v) is 14.8. The van der Waals surface area contributed by atoms with Gasteiger partial charge in [0.15, 0.2) is 0 Å². The monoisotopic (exact) mass is 339 g/mol. The summed E-state index contributed by atoms with van der Waals surface area (Å²) in [5.41, 5.74) is 0.890. The lowest BCUT2D eigenvalue weighted by Gasteiger charge is -2.20. The van der Waals surface area contributed by atoms with Crippen LogP contribution in [0.15, 0.2) is 24.3 Å². The third kappa shape index (κ3) is 7.48. The van der Waals surface area contributed by atoms with Crippen molar-refractivity contribution in [2.45, 2.75) is 39.2 Å². The molecule has 2 amide bonds. The first-order chi connectivity index (χ1) is 10.3. The molecule has 0 atom stereocenters. The minimum Gasteiger partial charge on any atom is -0.347 e. The molecule has 2 rings (SSSR count). The summed E-state index contributed by atoms with van der Waals surface area (Å²) in [6.07, 6.45) is 2.53. The second-order valence-electron chi connectivity index (χ2n) is 6.91. The molecule has 1 aromatic carbocycles. The third-order valence-electron chi connectivity index (χ3n) is 3.31. The summed E-state index contributed by atoms with van der Waals surface area (Å²) in [6.45, 7) is 7.00. The van der Waals surface area contributed by atoms with Crippen molar-refractivity contribution in [2.24, 2.45) is 5.92 Å². The summed E-state index contributed by atoms with van der Waals surface area (Å²) < 4.78 is 0. The van der Waals surface area contributed by atoms with Gasteiger partial charge in [-0.05, 0) is 64.3 Å². The predicted octanol–water partition coefficient (Wildman–Crippen LogP) is 2.57. The predicted molar refractivity (Wildman–Crippen MR) is 95.1 cm³/mol. The van der Waals surface area contributed by atoms with Crippen molar-refractivity contribution in [3.8, 4) is 0 Å². The van der Waals surface area contributed by atoms with Crippen molar-refractivity contribution in [3.05, 3.63) is 29.8 Å². The zero-order valence-electron chi connectivity index (χ0n) is 13.9. The van der Waals surface area contributed by atoms with Crippen LogP contribution >= 0.6 is 12.4 Å². The van der Waals surface area contributed by atoms with Crippen LogP contribution in [0.25, 0.3) is 0 Å². The highest BCUT2D eigenvalue weighted by molar-refractivity contribution is 5.97. The molecule has 5 nitrogen and oxygen atoms in total. The molecule has 0 radical (unpaired) electrons.